The smallest absolute Gasteiger partial charge is 0.225 e. The number of halogens is 2. The highest BCUT2D eigenvalue weighted by Crippen LogP contribution is 1.99. The van der Waals surface area contributed by atoms with Crippen molar-refractivity contribution in [3.05, 3.63) is 10.4 Å². The molecule has 0 aromatic carbocycles. The standard InChI is InChI=1S/C49H98N8O21.2ClH/c50-4-6-53-47(58)1-11-61-17-23-67-29-35-73-42-45-77-39-33-71-27-21-65-15-9-57(49(60)3-13-63-19-25-69-31-37-75-41-44-76-38-32-70-26-20-64-14-8-55-56-52)10-16-66-22-28-72-34-40-78-46-43-74-36-30-68-24-18-62-12-2-48(59)54-7-5-51;;/h1-46,50-51H2,(H,53,58)(H,54,59);2*1H. The van der Waals surface area contributed by atoms with E-state index in [1.807, 2.05) is 0 Å². The summed E-state index contributed by atoms with van der Waals surface area (Å²) in [4.78, 5) is 40.5. The molecule has 0 bridgehead atoms. The molecule has 0 aliphatic carbocycles. The summed E-state index contributed by atoms with van der Waals surface area (Å²) >= 11 is 0. The number of amides is 3. The van der Waals surface area contributed by atoms with E-state index in [2.05, 4.69) is 20.7 Å². The Morgan fingerprint density at radius 2 is 0.550 bits per heavy atom. The molecular formula is C49H100Cl2N8O21. The van der Waals surface area contributed by atoms with E-state index < -0.39 is 0 Å². The van der Waals surface area contributed by atoms with Crippen LogP contribution in [0.4, 0.5) is 0 Å². The van der Waals surface area contributed by atoms with Crippen LogP contribution >= 0.6 is 24.8 Å². The molecule has 0 aliphatic rings. The predicted molar refractivity (Wildman–Crippen MR) is 298 cm³/mol. The van der Waals surface area contributed by atoms with Gasteiger partial charge in [0.2, 0.25) is 17.7 Å². The van der Waals surface area contributed by atoms with E-state index in [9.17, 15) is 14.4 Å². The van der Waals surface area contributed by atoms with E-state index in [4.69, 9.17) is 102 Å². The molecule has 476 valence electrons. The van der Waals surface area contributed by atoms with Crippen molar-refractivity contribution in [1.29, 1.82) is 0 Å². The summed E-state index contributed by atoms with van der Waals surface area (Å²) < 4.78 is 99.3. The van der Waals surface area contributed by atoms with Crippen LogP contribution in [0.1, 0.15) is 19.3 Å². The van der Waals surface area contributed by atoms with Crippen LogP contribution in [0.5, 0.6) is 0 Å². The Morgan fingerprint density at radius 1 is 0.338 bits per heavy atom. The Morgan fingerprint density at radius 3 is 0.787 bits per heavy atom. The molecule has 29 nitrogen and oxygen atoms in total. The molecule has 3 amide bonds. The van der Waals surface area contributed by atoms with Gasteiger partial charge in [0.15, 0.2) is 0 Å². The summed E-state index contributed by atoms with van der Waals surface area (Å²) in [7, 11) is 0. The van der Waals surface area contributed by atoms with Crippen LogP contribution in [0.3, 0.4) is 0 Å². The second kappa shape index (κ2) is 72.6. The molecule has 0 spiro atoms. The molecule has 0 saturated carbocycles. The molecule has 0 fully saturated rings. The Hall–Kier alpha value is -2.50. The number of nitrogens with two attached hydrogens (primary N) is 2. The van der Waals surface area contributed by atoms with E-state index in [0.29, 0.717) is 277 Å². The number of hydrogen-bond donors (Lipinski definition) is 4. The van der Waals surface area contributed by atoms with Crippen molar-refractivity contribution in [3.8, 4) is 0 Å². The number of rotatable bonds is 67. The monoisotopic (exact) mass is 1210 g/mol. The number of hydrogen-bond acceptors (Lipinski definition) is 24. The van der Waals surface area contributed by atoms with Crippen molar-refractivity contribution in [1.82, 2.24) is 15.5 Å². The van der Waals surface area contributed by atoms with Crippen LogP contribution in [0.15, 0.2) is 5.11 Å². The SMILES string of the molecule is Cl.Cl.[N-]=[N+]=NCCOCCOCCOCCOCCOCCOCCC(=O)N(CCOCCOCCOCCOCCOCCOCCC(=O)NCCN)CCOCCOCCOCCOCCOCCOCCC(=O)NCCN. The molecule has 0 radical (unpaired) electrons. The van der Waals surface area contributed by atoms with Crippen LogP contribution in [-0.4, -0.2) is 306 Å². The second-order valence-corrected chi connectivity index (χ2v) is 15.9. The highest BCUT2D eigenvalue weighted by Gasteiger charge is 2.14. The summed E-state index contributed by atoms with van der Waals surface area (Å²) in [6.07, 6.45) is 0.769. The van der Waals surface area contributed by atoms with Gasteiger partial charge in [-0.15, -0.1) is 24.8 Å². The number of carbonyl (C=O) groups excluding carboxylic acids is 3. The average Bonchev–Trinajstić information content (AvgIpc) is 3.44. The van der Waals surface area contributed by atoms with Crippen LogP contribution in [0.2, 0.25) is 0 Å². The lowest BCUT2D eigenvalue weighted by atomic mass is 10.3. The third-order valence-electron chi connectivity index (χ3n) is 9.68. The van der Waals surface area contributed by atoms with Gasteiger partial charge in [0.25, 0.3) is 0 Å². The van der Waals surface area contributed by atoms with Gasteiger partial charge in [-0.1, -0.05) is 5.11 Å². The van der Waals surface area contributed by atoms with Gasteiger partial charge >= 0.3 is 0 Å². The fourth-order valence-corrected chi connectivity index (χ4v) is 5.71. The van der Waals surface area contributed by atoms with E-state index in [1.54, 1.807) is 4.90 Å². The van der Waals surface area contributed by atoms with Crippen molar-refractivity contribution in [2.24, 2.45) is 16.6 Å². The van der Waals surface area contributed by atoms with Crippen molar-refractivity contribution < 1.29 is 99.6 Å². The average molecular weight is 1210 g/mol. The number of ether oxygens (including phenoxy) is 18. The van der Waals surface area contributed by atoms with Gasteiger partial charge in [-0.25, -0.2) is 0 Å². The van der Waals surface area contributed by atoms with Crippen molar-refractivity contribution in [2.45, 2.75) is 19.3 Å². The van der Waals surface area contributed by atoms with Gasteiger partial charge in [0.1, 0.15) is 0 Å². The fraction of sp³-hybridized carbons (Fsp3) is 0.939. The zero-order valence-electron chi connectivity index (χ0n) is 47.4. The van der Waals surface area contributed by atoms with Crippen LogP contribution in [0, 0.1) is 0 Å². The lowest BCUT2D eigenvalue weighted by Gasteiger charge is -2.23. The van der Waals surface area contributed by atoms with Gasteiger partial charge in [0.05, 0.1) is 244 Å². The van der Waals surface area contributed by atoms with Gasteiger partial charge in [-0.3, -0.25) is 14.4 Å². The van der Waals surface area contributed by atoms with Crippen molar-refractivity contribution in [2.75, 3.05) is 284 Å². The maximum absolute atomic E-state index is 13.2. The second-order valence-electron chi connectivity index (χ2n) is 15.9. The molecule has 80 heavy (non-hydrogen) atoms. The molecule has 0 aromatic heterocycles. The van der Waals surface area contributed by atoms with Crippen molar-refractivity contribution in [3.63, 3.8) is 0 Å². The Balaban J connectivity index is -0.0000296. The molecule has 6 N–H and O–H groups in total. The molecule has 0 unspecified atom stereocenters. The Bertz CT molecular complexity index is 1280. The summed E-state index contributed by atoms with van der Waals surface area (Å²) in [6, 6.07) is 0. The molecule has 0 aliphatic heterocycles. The number of nitrogens with one attached hydrogen (secondary N) is 2. The Labute approximate surface area is 486 Å². The van der Waals surface area contributed by atoms with Gasteiger partial charge in [-0.05, 0) is 5.53 Å². The minimum Gasteiger partial charge on any atom is -0.379 e. The zero-order valence-corrected chi connectivity index (χ0v) is 49.0. The topological polar surface area (TPSA) is 345 Å². The van der Waals surface area contributed by atoms with Gasteiger partial charge < -0.3 is 112 Å². The first-order valence-corrected chi connectivity index (χ1v) is 27.2. The third-order valence-corrected chi connectivity index (χ3v) is 9.68. The first-order valence-electron chi connectivity index (χ1n) is 27.2. The number of nitrogens with zero attached hydrogens (tertiary/aromatic N) is 4. The highest BCUT2D eigenvalue weighted by molar-refractivity contribution is 5.85. The van der Waals surface area contributed by atoms with Crippen molar-refractivity contribution >= 4 is 42.5 Å². The fourth-order valence-electron chi connectivity index (χ4n) is 5.71. The normalized spacial score (nSPS) is 11.0. The zero-order chi connectivity index (χ0) is 56.4. The number of carbonyl (C=O) groups is 3. The predicted octanol–water partition coefficient (Wildman–Crippen LogP) is -0.412. The third kappa shape index (κ3) is 68.0. The van der Waals surface area contributed by atoms with Crippen LogP contribution in [-0.2, 0) is 99.6 Å². The first-order chi connectivity index (χ1) is 38.5. The van der Waals surface area contributed by atoms with Crippen LogP contribution in [0.25, 0.3) is 10.4 Å². The van der Waals surface area contributed by atoms with Gasteiger partial charge in [0, 0.05) is 63.6 Å². The summed E-state index contributed by atoms with van der Waals surface area (Å²) in [6.45, 7) is 17.0. The lowest BCUT2D eigenvalue weighted by Crippen LogP contribution is -2.37. The number of azide groups is 1. The Kier molecular flexibility index (Phi) is 74.2. The van der Waals surface area contributed by atoms with E-state index in [-0.39, 0.29) is 68.4 Å². The molecule has 0 saturated heterocycles. The van der Waals surface area contributed by atoms with Crippen LogP contribution < -0.4 is 22.1 Å². The quantitative estimate of drug-likeness (QED) is 0.0260. The minimum atomic E-state index is -0.0851. The van der Waals surface area contributed by atoms with E-state index in [1.165, 1.54) is 0 Å². The molecule has 0 aromatic rings. The molecule has 0 rings (SSSR count). The first kappa shape index (κ1) is 81.7. The van der Waals surface area contributed by atoms with Gasteiger partial charge in [-0.2, -0.15) is 0 Å². The molecule has 0 atom stereocenters. The summed E-state index contributed by atoms with van der Waals surface area (Å²) in [5, 5.41) is 8.75. The highest BCUT2D eigenvalue weighted by atomic mass is 35.5. The van der Waals surface area contributed by atoms with E-state index >= 15 is 0 Å². The summed E-state index contributed by atoms with van der Waals surface area (Å²) in [5.41, 5.74) is 18.9. The minimum absolute atomic E-state index is 0. The molecular weight excluding hydrogens is 1110 g/mol. The lowest BCUT2D eigenvalue weighted by molar-refractivity contribution is -0.134. The van der Waals surface area contributed by atoms with E-state index in [0.717, 1.165) is 0 Å². The summed E-state index contributed by atoms with van der Waals surface area (Å²) in [5.74, 6) is -0.254. The molecule has 0 heterocycles. The largest absolute Gasteiger partial charge is 0.379 e. The molecule has 31 heteroatoms. The maximum atomic E-state index is 13.2. The maximum Gasteiger partial charge on any atom is 0.225 e.